The highest BCUT2D eigenvalue weighted by molar-refractivity contribution is 7.20. The summed E-state index contributed by atoms with van der Waals surface area (Å²) in [6.45, 7) is 0. The molecule has 0 aliphatic heterocycles. The summed E-state index contributed by atoms with van der Waals surface area (Å²) >= 11 is 2.92. The molecule has 1 aromatic carbocycles. The molecule has 18 heavy (non-hydrogen) atoms. The Morgan fingerprint density at radius 2 is 2.22 bits per heavy atom. The lowest BCUT2D eigenvalue weighted by Crippen LogP contribution is -2.27. The van der Waals surface area contributed by atoms with E-state index in [9.17, 15) is 0 Å². The molecule has 6 heteroatoms. The van der Waals surface area contributed by atoms with E-state index in [4.69, 9.17) is 5.41 Å². The van der Waals surface area contributed by atoms with Crippen molar-refractivity contribution < 1.29 is 4.68 Å². The van der Waals surface area contributed by atoms with Crippen molar-refractivity contribution >= 4 is 44.5 Å². The van der Waals surface area contributed by atoms with Crippen LogP contribution < -0.4 is 4.68 Å². The molecule has 0 aliphatic rings. The van der Waals surface area contributed by atoms with Gasteiger partial charge in [-0.25, -0.2) is 4.98 Å². The van der Waals surface area contributed by atoms with Gasteiger partial charge in [-0.2, -0.15) is 0 Å². The molecule has 0 saturated carbocycles. The number of nitrogens with one attached hydrogen (secondary N) is 1. The monoisotopic (exact) mass is 273 g/mol. The van der Waals surface area contributed by atoms with Gasteiger partial charge in [0.1, 0.15) is 9.88 Å². The number of para-hydroxylation sites is 1. The molecular weight excluding hydrogens is 264 g/mol. The van der Waals surface area contributed by atoms with Crippen LogP contribution in [0.1, 0.15) is 9.88 Å². The van der Waals surface area contributed by atoms with Crippen LogP contribution in [0.3, 0.4) is 0 Å². The van der Waals surface area contributed by atoms with Crippen LogP contribution in [0.25, 0.3) is 15.8 Å². The van der Waals surface area contributed by atoms with Crippen LogP contribution >= 0.6 is 22.9 Å². The molecule has 3 aromatic rings. The quantitative estimate of drug-likeness (QED) is 0.575. The smallest absolute Gasteiger partial charge is 0.217 e. The summed E-state index contributed by atoms with van der Waals surface area (Å²) in [4.78, 5) is 5.45. The van der Waals surface area contributed by atoms with Gasteiger partial charge in [0, 0.05) is 11.5 Å². The topological polar surface area (TPSA) is 53.5 Å². The third-order valence-corrected chi connectivity index (χ3v) is 4.35. The molecule has 0 aliphatic carbocycles. The van der Waals surface area contributed by atoms with E-state index < -0.39 is 0 Å². The van der Waals surface area contributed by atoms with Crippen molar-refractivity contribution in [3.8, 4) is 0 Å². The summed E-state index contributed by atoms with van der Waals surface area (Å²) in [5.74, 6) is 2.48. The maximum absolute atomic E-state index is 7.47. The van der Waals surface area contributed by atoms with Gasteiger partial charge in [0.15, 0.2) is 7.05 Å². The van der Waals surface area contributed by atoms with Gasteiger partial charge in [-0.15, -0.1) is 11.3 Å². The average Bonchev–Trinajstić information content (AvgIpc) is 2.96. The third kappa shape index (κ3) is 1.86. The van der Waals surface area contributed by atoms with Crippen molar-refractivity contribution in [2.45, 2.75) is 0 Å². The number of rotatable bonds is 2. The first-order valence-corrected chi connectivity index (χ1v) is 6.85. The molecule has 88 valence electrons. The Bertz CT molecular complexity index is 732. The Hall–Kier alpha value is -1.88. The minimum atomic E-state index is 0.703. The molecule has 0 spiro atoms. The van der Waals surface area contributed by atoms with Gasteiger partial charge < -0.3 is 0 Å². The fraction of sp³-hybridized carbons (Fsp3) is 0.0833. The molecule has 0 fully saturated rings. The lowest BCUT2D eigenvalue weighted by atomic mass is 10.3. The number of benzene rings is 1. The molecule has 0 atom stereocenters. The molecule has 2 aromatic heterocycles. The van der Waals surface area contributed by atoms with E-state index in [1.54, 1.807) is 16.0 Å². The zero-order valence-electron chi connectivity index (χ0n) is 9.54. The Morgan fingerprint density at radius 1 is 1.39 bits per heavy atom. The maximum atomic E-state index is 7.47. The van der Waals surface area contributed by atoms with Crippen LogP contribution in [0.2, 0.25) is 0 Å². The normalized spacial score (nSPS) is 10.5. The van der Waals surface area contributed by atoms with Crippen molar-refractivity contribution in [2.75, 3.05) is 0 Å². The van der Waals surface area contributed by atoms with E-state index in [0.717, 1.165) is 20.1 Å². The summed E-state index contributed by atoms with van der Waals surface area (Å²) < 4.78 is 7.00. The highest BCUT2D eigenvalue weighted by Crippen LogP contribution is 2.29. The Labute approximate surface area is 112 Å². The van der Waals surface area contributed by atoms with E-state index >= 15 is 0 Å². The first kappa shape index (κ1) is 11.2. The van der Waals surface area contributed by atoms with Crippen LogP contribution in [-0.4, -0.2) is 15.3 Å². The second-order valence-electron chi connectivity index (χ2n) is 3.73. The first-order valence-electron chi connectivity index (χ1n) is 5.26. The van der Waals surface area contributed by atoms with E-state index in [1.165, 1.54) is 11.5 Å². The van der Waals surface area contributed by atoms with Gasteiger partial charge in [0.05, 0.1) is 20.3 Å². The number of thiazole rings is 1. The van der Waals surface area contributed by atoms with Crippen LogP contribution in [0.5, 0.6) is 0 Å². The Kier molecular flexibility index (Phi) is 2.76. The van der Waals surface area contributed by atoms with Gasteiger partial charge in [0.2, 0.25) is 6.20 Å². The van der Waals surface area contributed by atoms with Crippen LogP contribution in [0.4, 0.5) is 0 Å². The van der Waals surface area contributed by atoms with E-state index in [1.807, 2.05) is 37.5 Å². The zero-order valence-corrected chi connectivity index (χ0v) is 11.2. The molecule has 4 nitrogen and oxygen atoms in total. The average molecular weight is 273 g/mol. The molecule has 0 amide bonds. The second-order valence-corrected chi connectivity index (χ2v) is 5.54. The lowest BCUT2D eigenvalue weighted by molar-refractivity contribution is -0.722. The molecule has 0 bridgehead atoms. The summed E-state index contributed by atoms with van der Waals surface area (Å²) in [6.07, 6.45) is 1.88. The molecule has 0 radical (unpaired) electrons. The maximum Gasteiger partial charge on any atom is 0.217 e. The van der Waals surface area contributed by atoms with Crippen LogP contribution in [0.15, 0.2) is 30.5 Å². The molecule has 0 saturated heterocycles. The summed E-state index contributed by atoms with van der Waals surface area (Å²) in [5.41, 5.74) is 1.66. The fourth-order valence-electron chi connectivity index (χ4n) is 1.64. The van der Waals surface area contributed by atoms with Crippen molar-refractivity contribution in [2.24, 2.45) is 7.05 Å². The Balaban J connectivity index is 2.15. The number of aryl methyl sites for hydroxylation is 1. The lowest BCUT2D eigenvalue weighted by Gasteiger charge is -1.90. The minimum Gasteiger partial charge on any atom is -0.258 e. The number of fused-ring (bicyclic) bond motifs is 1. The highest BCUT2D eigenvalue weighted by Gasteiger charge is 2.16. The molecule has 1 N–H and O–H groups in total. The fourth-order valence-corrected chi connectivity index (χ4v) is 3.38. The zero-order chi connectivity index (χ0) is 12.5. The predicted octanol–water partition coefficient (Wildman–Crippen LogP) is 2.26. The number of hydrogen-bond donors (Lipinski definition) is 1. The van der Waals surface area contributed by atoms with E-state index in [-0.39, 0.29) is 0 Å². The van der Waals surface area contributed by atoms with E-state index in [2.05, 4.69) is 15.3 Å². The van der Waals surface area contributed by atoms with Crippen molar-refractivity contribution in [1.82, 2.24) is 9.47 Å². The Morgan fingerprint density at radius 3 is 2.89 bits per heavy atom. The predicted molar refractivity (Wildman–Crippen MR) is 73.1 cm³/mol. The first-order chi connectivity index (χ1) is 8.78. The highest BCUT2D eigenvalue weighted by atomic mass is 32.1. The van der Waals surface area contributed by atoms with Crippen LogP contribution in [-0.2, 0) is 7.05 Å². The minimum absolute atomic E-state index is 0.703. The second kappa shape index (κ2) is 4.42. The molecular formula is C12H9N4S2+. The molecule has 3 rings (SSSR count). The molecule has 2 heterocycles. The van der Waals surface area contributed by atoms with Gasteiger partial charge >= 0.3 is 0 Å². The number of aromatic nitrogens is 3. The van der Waals surface area contributed by atoms with Gasteiger partial charge in [-0.1, -0.05) is 16.8 Å². The van der Waals surface area contributed by atoms with Crippen molar-refractivity contribution in [3.63, 3.8) is 0 Å². The summed E-state index contributed by atoms with van der Waals surface area (Å²) in [6, 6.07) is 7.96. The largest absolute Gasteiger partial charge is 0.258 e. The van der Waals surface area contributed by atoms with Gasteiger partial charge in [0.25, 0.3) is 0 Å². The standard InChI is InChI=1S/C12H9N4S2/c1-16-7-11(18-15-16)8(6-13)12-14-9-4-2-3-5-10(9)17-12/h2-5,7,13H,1H3/q+1. The number of nitrogens with zero attached hydrogens (tertiary/aromatic N) is 3. The van der Waals surface area contributed by atoms with Gasteiger partial charge in [-0.05, 0) is 18.0 Å². The third-order valence-electron chi connectivity index (χ3n) is 2.45. The SMILES string of the molecule is C[n+]1cc(C(=C=N)c2nc3ccccc3s2)sn1. The van der Waals surface area contributed by atoms with E-state index in [0.29, 0.717) is 5.57 Å². The summed E-state index contributed by atoms with van der Waals surface area (Å²) in [5, 5.41) is 8.28. The number of hydrogen-bond acceptors (Lipinski definition) is 5. The van der Waals surface area contributed by atoms with Gasteiger partial charge in [-0.3, -0.25) is 5.41 Å². The summed E-state index contributed by atoms with van der Waals surface area (Å²) in [7, 11) is 1.86. The van der Waals surface area contributed by atoms with Crippen molar-refractivity contribution in [3.05, 3.63) is 40.3 Å². The van der Waals surface area contributed by atoms with Crippen molar-refractivity contribution in [1.29, 1.82) is 5.41 Å². The molecule has 0 unspecified atom stereocenters. The van der Waals surface area contributed by atoms with Crippen LogP contribution in [0, 0.1) is 5.41 Å².